The van der Waals surface area contributed by atoms with Crippen LogP contribution in [0.25, 0.3) is 0 Å². The second-order valence-corrected chi connectivity index (χ2v) is 3.37. The molecule has 0 aromatic carbocycles. The maximum Gasteiger partial charge on any atom is 0.190 e. The fourth-order valence-electron chi connectivity index (χ4n) is 0.788. The number of aromatic nitrogens is 2. The lowest BCUT2D eigenvalue weighted by molar-refractivity contribution is 0.970. The first-order valence-corrected chi connectivity index (χ1v) is 4.02. The van der Waals surface area contributed by atoms with Gasteiger partial charge in [0, 0.05) is 5.92 Å². The summed E-state index contributed by atoms with van der Waals surface area (Å²) in [5, 5.41) is 9.63. The van der Waals surface area contributed by atoms with Gasteiger partial charge in [-0.2, -0.15) is 0 Å². The van der Waals surface area contributed by atoms with Crippen molar-refractivity contribution in [1.82, 2.24) is 10.2 Å². The van der Waals surface area contributed by atoms with Crippen molar-refractivity contribution in [3.8, 4) is 12.3 Å². The Morgan fingerprint density at radius 2 is 2.30 bits per heavy atom. The SMILES string of the molecule is C#Cc1nnc(C2CC2)s1. The molecule has 0 bridgehead atoms. The molecule has 0 unspecified atom stereocenters. The molecular formula is C7H6N2S. The summed E-state index contributed by atoms with van der Waals surface area (Å²) in [5.41, 5.74) is 0. The predicted molar refractivity (Wildman–Crippen MR) is 39.8 cm³/mol. The lowest BCUT2D eigenvalue weighted by Crippen LogP contribution is -1.75. The van der Waals surface area contributed by atoms with Crippen LogP contribution in [0.5, 0.6) is 0 Å². The third-order valence-electron chi connectivity index (χ3n) is 1.49. The van der Waals surface area contributed by atoms with Gasteiger partial charge in [0.1, 0.15) is 5.01 Å². The molecule has 0 radical (unpaired) electrons. The Morgan fingerprint density at radius 1 is 1.50 bits per heavy atom. The van der Waals surface area contributed by atoms with Crippen LogP contribution in [0.3, 0.4) is 0 Å². The molecule has 1 aromatic heterocycles. The van der Waals surface area contributed by atoms with E-state index in [9.17, 15) is 0 Å². The van der Waals surface area contributed by atoms with E-state index in [1.54, 1.807) is 11.3 Å². The first-order valence-electron chi connectivity index (χ1n) is 3.20. The zero-order valence-electron chi connectivity index (χ0n) is 5.37. The van der Waals surface area contributed by atoms with Crippen LogP contribution < -0.4 is 0 Å². The van der Waals surface area contributed by atoms with E-state index in [1.807, 2.05) is 0 Å². The Hall–Kier alpha value is -0.880. The van der Waals surface area contributed by atoms with Gasteiger partial charge in [0.2, 0.25) is 0 Å². The molecule has 0 amide bonds. The zero-order valence-corrected chi connectivity index (χ0v) is 6.19. The highest BCUT2D eigenvalue weighted by Crippen LogP contribution is 2.40. The minimum absolute atomic E-state index is 0.680. The molecule has 3 heteroatoms. The van der Waals surface area contributed by atoms with Crippen molar-refractivity contribution in [2.24, 2.45) is 0 Å². The minimum Gasteiger partial charge on any atom is -0.142 e. The van der Waals surface area contributed by atoms with Gasteiger partial charge in [0.25, 0.3) is 0 Å². The summed E-state index contributed by atoms with van der Waals surface area (Å²) >= 11 is 1.55. The molecule has 1 aliphatic rings. The van der Waals surface area contributed by atoms with Crippen molar-refractivity contribution in [2.75, 3.05) is 0 Å². The van der Waals surface area contributed by atoms with E-state index in [-0.39, 0.29) is 0 Å². The number of nitrogens with zero attached hydrogens (tertiary/aromatic N) is 2. The van der Waals surface area contributed by atoms with Crippen molar-refractivity contribution >= 4 is 11.3 Å². The predicted octanol–water partition coefficient (Wildman–Crippen LogP) is 1.40. The molecule has 50 valence electrons. The van der Waals surface area contributed by atoms with E-state index >= 15 is 0 Å². The number of hydrogen-bond donors (Lipinski definition) is 0. The van der Waals surface area contributed by atoms with Gasteiger partial charge in [-0.1, -0.05) is 11.3 Å². The van der Waals surface area contributed by atoms with E-state index in [4.69, 9.17) is 6.42 Å². The average molecular weight is 150 g/mol. The zero-order chi connectivity index (χ0) is 6.97. The molecule has 0 aliphatic heterocycles. The molecule has 1 aromatic rings. The van der Waals surface area contributed by atoms with Crippen molar-refractivity contribution in [3.63, 3.8) is 0 Å². The van der Waals surface area contributed by atoms with E-state index in [0.29, 0.717) is 10.9 Å². The number of terminal acetylenes is 1. The number of rotatable bonds is 1. The average Bonchev–Trinajstić information content (AvgIpc) is 2.70. The van der Waals surface area contributed by atoms with Crippen LogP contribution in [-0.4, -0.2) is 10.2 Å². The monoisotopic (exact) mass is 150 g/mol. The van der Waals surface area contributed by atoms with E-state index in [0.717, 1.165) is 5.01 Å². The number of hydrogen-bond acceptors (Lipinski definition) is 3. The highest BCUT2D eigenvalue weighted by atomic mass is 32.1. The Balaban J connectivity index is 2.29. The summed E-state index contributed by atoms with van der Waals surface area (Å²) in [4.78, 5) is 0. The maximum atomic E-state index is 5.14. The lowest BCUT2D eigenvalue weighted by atomic mass is 10.5. The topological polar surface area (TPSA) is 25.8 Å². The van der Waals surface area contributed by atoms with Crippen molar-refractivity contribution in [1.29, 1.82) is 0 Å². The van der Waals surface area contributed by atoms with Crippen LogP contribution >= 0.6 is 11.3 Å². The first kappa shape index (κ1) is 5.87. The maximum absolute atomic E-state index is 5.14. The van der Waals surface area contributed by atoms with Crippen LogP contribution in [0.2, 0.25) is 0 Å². The summed E-state index contributed by atoms with van der Waals surface area (Å²) in [6, 6.07) is 0. The highest BCUT2D eigenvalue weighted by Gasteiger charge is 2.27. The molecule has 10 heavy (non-hydrogen) atoms. The van der Waals surface area contributed by atoms with Crippen LogP contribution in [-0.2, 0) is 0 Å². The largest absolute Gasteiger partial charge is 0.190 e. The van der Waals surface area contributed by atoms with Gasteiger partial charge < -0.3 is 0 Å². The Morgan fingerprint density at radius 3 is 2.80 bits per heavy atom. The smallest absolute Gasteiger partial charge is 0.142 e. The second-order valence-electron chi connectivity index (χ2n) is 2.36. The quantitative estimate of drug-likeness (QED) is 0.565. The molecule has 1 saturated carbocycles. The molecule has 1 fully saturated rings. The molecule has 0 spiro atoms. The van der Waals surface area contributed by atoms with Crippen molar-refractivity contribution in [3.05, 3.63) is 10.0 Å². The van der Waals surface area contributed by atoms with Gasteiger partial charge in [-0.15, -0.1) is 16.6 Å². The molecule has 0 saturated heterocycles. The van der Waals surface area contributed by atoms with E-state index in [1.165, 1.54) is 12.8 Å². The van der Waals surface area contributed by atoms with Crippen LogP contribution in [0.4, 0.5) is 0 Å². The van der Waals surface area contributed by atoms with Gasteiger partial charge in [-0.25, -0.2) is 0 Å². The molecule has 0 atom stereocenters. The summed E-state index contributed by atoms with van der Waals surface area (Å²) in [7, 11) is 0. The molecular weight excluding hydrogens is 144 g/mol. The molecule has 2 rings (SSSR count). The lowest BCUT2D eigenvalue weighted by Gasteiger charge is -1.78. The van der Waals surface area contributed by atoms with Gasteiger partial charge in [-0.3, -0.25) is 0 Å². The fraction of sp³-hybridized carbons (Fsp3) is 0.429. The molecule has 1 heterocycles. The standard InChI is InChI=1S/C7H6N2S/c1-2-6-8-9-7(10-6)5-3-4-5/h1,5H,3-4H2. The van der Waals surface area contributed by atoms with Gasteiger partial charge in [0.15, 0.2) is 5.01 Å². The second kappa shape index (κ2) is 2.06. The Bertz CT molecular complexity index is 280. The first-order chi connectivity index (χ1) is 4.90. The third kappa shape index (κ3) is 0.910. The summed E-state index contributed by atoms with van der Waals surface area (Å²) in [6.07, 6.45) is 7.67. The van der Waals surface area contributed by atoms with E-state index < -0.39 is 0 Å². The molecule has 0 N–H and O–H groups in total. The van der Waals surface area contributed by atoms with Crippen LogP contribution in [0.15, 0.2) is 0 Å². The van der Waals surface area contributed by atoms with Crippen LogP contribution in [0, 0.1) is 12.3 Å². The summed E-state index contributed by atoms with van der Waals surface area (Å²) < 4.78 is 0. The third-order valence-corrected chi connectivity index (χ3v) is 2.51. The Labute approximate surface area is 63.3 Å². The van der Waals surface area contributed by atoms with Gasteiger partial charge >= 0.3 is 0 Å². The molecule has 2 nitrogen and oxygen atoms in total. The van der Waals surface area contributed by atoms with Crippen molar-refractivity contribution in [2.45, 2.75) is 18.8 Å². The highest BCUT2D eigenvalue weighted by molar-refractivity contribution is 7.11. The summed E-state index contributed by atoms with van der Waals surface area (Å²) in [5.74, 6) is 3.16. The minimum atomic E-state index is 0.680. The summed E-state index contributed by atoms with van der Waals surface area (Å²) in [6.45, 7) is 0. The van der Waals surface area contributed by atoms with Gasteiger partial charge in [0.05, 0.1) is 0 Å². The Kier molecular flexibility index (Phi) is 1.21. The van der Waals surface area contributed by atoms with Crippen molar-refractivity contribution < 1.29 is 0 Å². The van der Waals surface area contributed by atoms with E-state index in [2.05, 4.69) is 16.1 Å². The van der Waals surface area contributed by atoms with Crippen LogP contribution in [0.1, 0.15) is 28.8 Å². The molecule has 1 aliphatic carbocycles. The normalized spacial score (nSPS) is 16.7. The fourth-order valence-corrected chi connectivity index (χ4v) is 1.61. The van der Waals surface area contributed by atoms with Gasteiger partial charge in [-0.05, 0) is 18.8 Å².